The molecule has 0 aliphatic carbocycles. The third kappa shape index (κ3) is 3.80. The number of furan rings is 1. The van der Waals surface area contributed by atoms with Crippen molar-refractivity contribution in [3.05, 3.63) is 60.2 Å². The number of piperazine rings is 1. The van der Waals surface area contributed by atoms with E-state index >= 15 is 0 Å². The van der Waals surface area contributed by atoms with E-state index in [1.165, 1.54) is 27.4 Å². The summed E-state index contributed by atoms with van der Waals surface area (Å²) < 4.78 is 50.7. The molecular formula is C18H19FN3O4S+. The van der Waals surface area contributed by atoms with Crippen molar-refractivity contribution in [1.82, 2.24) is 9.46 Å². The molecule has 0 amide bonds. The van der Waals surface area contributed by atoms with E-state index in [4.69, 9.17) is 8.94 Å². The van der Waals surface area contributed by atoms with Crippen LogP contribution in [0.4, 0.5) is 4.39 Å². The second kappa shape index (κ2) is 7.26. The molecule has 0 unspecified atom stereocenters. The molecule has 1 aromatic carbocycles. The van der Waals surface area contributed by atoms with Crippen LogP contribution in [-0.4, -0.2) is 44.1 Å². The van der Waals surface area contributed by atoms with Crippen molar-refractivity contribution in [2.45, 2.75) is 11.4 Å². The van der Waals surface area contributed by atoms with Gasteiger partial charge in [0.2, 0.25) is 15.8 Å². The zero-order valence-corrected chi connectivity index (χ0v) is 15.3. The molecule has 1 fully saturated rings. The summed E-state index contributed by atoms with van der Waals surface area (Å²) in [6, 6.07) is 10.5. The average Bonchev–Trinajstić information content (AvgIpc) is 3.34. The molecule has 1 saturated heterocycles. The lowest BCUT2D eigenvalue weighted by atomic mass is 10.3. The van der Waals surface area contributed by atoms with Crippen LogP contribution in [0, 0.1) is 5.82 Å². The van der Waals surface area contributed by atoms with Crippen LogP contribution in [0.2, 0.25) is 0 Å². The van der Waals surface area contributed by atoms with Gasteiger partial charge < -0.3 is 13.8 Å². The Hall–Kier alpha value is -2.49. The second-order valence-corrected chi connectivity index (χ2v) is 8.39. The van der Waals surface area contributed by atoms with Crippen LogP contribution < -0.4 is 4.90 Å². The second-order valence-electron chi connectivity index (χ2n) is 6.45. The molecule has 0 bridgehead atoms. The van der Waals surface area contributed by atoms with Gasteiger partial charge in [-0.1, -0.05) is 11.2 Å². The molecule has 1 N–H and O–H groups in total. The Morgan fingerprint density at radius 1 is 1.11 bits per heavy atom. The van der Waals surface area contributed by atoms with Gasteiger partial charge in [-0.15, -0.1) is 0 Å². The summed E-state index contributed by atoms with van der Waals surface area (Å²) in [7, 11) is -3.67. The van der Waals surface area contributed by atoms with Crippen molar-refractivity contribution in [1.29, 1.82) is 0 Å². The van der Waals surface area contributed by atoms with E-state index in [2.05, 4.69) is 5.16 Å². The molecule has 7 nitrogen and oxygen atoms in total. The van der Waals surface area contributed by atoms with E-state index in [0.29, 0.717) is 44.2 Å². The fraction of sp³-hybridized carbons (Fsp3) is 0.278. The molecule has 142 valence electrons. The lowest BCUT2D eigenvalue weighted by Gasteiger charge is -2.31. The molecule has 9 heteroatoms. The van der Waals surface area contributed by atoms with E-state index in [1.54, 1.807) is 18.4 Å². The van der Waals surface area contributed by atoms with Gasteiger partial charge in [0.15, 0.2) is 5.76 Å². The first-order valence-electron chi connectivity index (χ1n) is 8.61. The minimum atomic E-state index is -3.67. The van der Waals surface area contributed by atoms with Gasteiger partial charge in [0.1, 0.15) is 18.1 Å². The molecule has 4 rings (SSSR count). The maximum atomic E-state index is 13.4. The highest BCUT2D eigenvalue weighted by atomic mass is 32.2. The number of benzene rings is 1. The van der Waals surface area contributed by atoms with Gasteiger partial charge in [-0.05, 0) is 30.3 Å². The first kappa shape index (κ1) is 17.9. The van der Waals surface area contributed by atoms with E-state index in [0.717, 1.165) is 11.8 Å². The largest absolute Gasteiger partial charge is 0.461 e. The predicted octanol–water partition coefficient (Wildman–Crippen LogP) is 1.16. The molecule has 0 saturated carbocycles. The number of aromatic nitrogens is 1. The quantitative estimate of drug-likeness (QED) is 0.705. The number of nitrogens with zero attached hydrogens (tertiary/aromatic N) is 2. The topological polar surface area (TPSA) is 81.0 Å². The minimum absolute atomic E-state index is 0.00876. The highest BCUT2D eigenvalue weighted by molar-refractivity contribution is 7.89. The molecule has 27 heavy (non-hydrogen) atoms. The zero-order valence-electron chi connectivity index (χ0n) is 14.5. The van der Waals surface area contributed by atoms with Gasteiger partial charge in [-0.25, -0.2) is 12.8 Å². The molecule has 0 radical (unpaired) electrons. The highest BCUT2D eigenvalue weighted by Gasteiger charge is 2.31. The normalized spacial score (nSPS) is 16.6. The molecule has 1 aliphatic rings. The summed E-state index contributed by atoms with van der Waals surface area (Å²) in [5.74, 6) is 0.634. The number of hydrogen-bond acceptors (Lipinski definition) is 5. The Morgan fingerprint density at radius 3 is 2.63 bits per heavy atom. The molecule has 2 aromatic heterocycles. The summed E-state index contributed by atoms with van der Waals surface area (Å²) in [6.45, 7) is 2.65. The molecule has 0 atom stereocenters. The molecule has 0 spiro atoms. The van der Waals surface area contributed by atoms with Crippen LogP contribution in [0.1, 0.15) is 5.69 Å². The third-order valence-corrected chi connectivity index (χ3v) is 6.51. The van der Waals surface area contributed by atoms with Crippen molar-refractivity contribution >= 4 is 10.0 Å². The van der Waals surface area contributed by atoms with E-state index in [-0.39, 0.29) is 4.90 Å². The van der Waals surface area contributed by atoms with E-state index < -0.39 is 15.8 Å². The minimum Gasteiger partial charge on any atom is -0.461 e. The SMILES string of the molecule is O=S(=O)(c1cccc(F)c1)N1CC[NH+](Cc2cc(-c3ccco3)on2)CC1. The Balaban J connectivity index is 1.38. The van der Waals surface area contributed by atoms with Gasteiger partial charge in [-0.2, -0.15) is 4.31 Å². The molecule has 3 aromatic rings. The highest BCUT2D eigenvalue weighted by Crippen LogP contribution is 2.20. The number of quaternary nitrogens is 1. The van der Waals surface area contributed by atoms with Crippen molar-refractivity contribution in [3.63, 3.8) is 0 Å². The van der Waals surface area contributed by atoms with E-state index in [1.807, 2.05) is 6.07 Å². The Bertz CT molecular complexity index is 1010. The maximum Gasteiger partial charge on any atom is 0.243 e. The average molecular weight is 392 g/mol. The van der Waals surface area contributed by atoms with Crippen LogP contribution in [0.25, 0.3) is 11.5 Å². The predicted molar refractivity (Wildman–Crippen MR) is 93.8 cm³/mol. The maximum absolute atomic E-state index is 13.4. The Labute approximate surface area is 156 Å². The summed E-state index contributed by atoms with van der Waals surface area (Å²) in [5.41, 5.74) is 0.790. The first-order valence-corrected chi connectivity index (χ1v) is 10.0. The van der Waals surface area contributed by atoms with Gasteiger partial charge in [-0.3, -0.25) is 0 Å². The van der Waals surface area contributed by atoms with Crippen molar-refractivity contribution < 1.29 is 26.6 Å². The smallest absolute Gasteiger partial charge is 0.243 e. The van der Waals surface area contributed by atoms with Crippen molar-refractivity contribution in [2.75, 3.05) is 26.2 Å². The standard InChI is InChI=1S/C18H18FN3O4S/c19-14-3-1-4-16(11-14)27(23,24)22-8-6-21(7-9-22)13-15-12-18(26-20-15)17-5-2-10-25-17/h1-5,10-12H,6-9,13H2/p+1. The van der Waals surface area contributed by atoms with Crippen molar-refractivity contribution in [2.24, 2.45) is 0 Å². The Morgan fingerprint density at radius 2 is 1.93 bits per heavy atom. The zero-order chi connectivity index (χ0) is 18.9. The molecular weight excluding hydrogens is 373 g/mol. The van der Waals surface area contributed by atoms with Crippen molar-refractivity contribution in [3.8, 4) is 11.5 Å². The number of halogens is 1. The summed E-state index contributed by atoms with van der Waals surface area (Å²) in [6.07, 6.45) is 1.57. The van der Waals surface area contributed by atoms with Crippen LogP contribution in [0.3, 0.4) is 0 Å². The number of nitrogens with one attached hydrogen (secondary N) is 1. The Kier molecular flexibility index (Phi) is 4.81. The first-order chi connectivity index (χ1) is 13.0. The molecule has 1 aliphatic heterocycles. The summed E-state index contributed by atoms with van der Waals surface area (Å²) >= 11 is 0. The summed E-state index contributed by atoms with van der Waals surface area (Å²) in [5, 5.41) is 4.06. The van der Waals surface area contributed by atoms with Crippen LogP contribution in [-0.2, 0) is 16.6 Å². The molecule has 3 heterocycles. The summed E-state index contributed by atoms with van der Waals surface area (Å²) in [4.78, 5) is 1.20. The van der Waals surface area contributed by atoms with Crippen LogP contribution >= 0.6 is 0 Å². The van der Waals surface area contributed by atoms with Crippen LogP contribution in [0.5, 0.6) is 0 Å². The van der Waals surface area contributed by atoms with Gasteiger partial charge in [0, 0.05) is 6.07 Å². The van der Waals surface area contributed by atoms with Gasteiger partial charge in [0.25, 0.3) is 0 Å². The number of sulfonamides is 1. The lowest BCUT2D eigenvalue weighted by Crippen LogP contribution is -3.13. The fourth-order valence-electron chi connectivity index (χ4n) is 3.18. The number of rotatable bonds is 5. The van der Waals surface area contributed by atoms with Gasteiger partial charge in [0.05, 0.1) is 37.3 Å². The van der Waals surface area contributed by atoms with E-state index in [9.17, 15) is 12.8 Å². The lowest BCUT2D eigenvalue weighted by molar-refractivity contribution is -0.917. The number of hydrogen-bond donors (Lipinski definition) is 1. The third-order valence-electron chi connectivity index (χ3n) is 4.62. The van der Waals surface area contributed by atoms with Crippen LogP contribution in [0.15, 0.2) is 62.6 Å². The fourth-order valence-corrected chi connectivity index (χ4v) is 4.66. The van der Waals surface area contributed by atoms with Gasteiger partial charge >= 0.3 is 0 Å². The monoisotopic (exact) mass is 392 g/mol.